The Morgan fingerprint density at radius 3 is 2.93 bits per heavy atom. The van der Waals surface area contributed by atoms with Crippen molar-refractivity contribution in [3.63, 3.8) is 0 Å². The maximum absolute atomic E-state index is 13.1. The van der Waals surface area contributed by atoms with Crippen molar-refractivity contribution in [3.05, 3.63) is 58.2 Å². The molecule has 0 radical (unpaired) electrons. The highest BCUT2D eigenvalue weighted by Crippen LogP contribution is 2.31. The fourth-order valence-electron chi connectivity index (χ4n) is 4.92. The Morgan fingerprint density at radius 1 is 1.11 bits per heavy atom. The summed E-state index contributed by atoms with van der Waals surface area (Å²) >= 11 is 0. The topological polar surface area (TPSA) is 58.1 Å². The average molecular weight is 377 g/mol. The summed E-state index contributed by atoms with van der Waals surface area (Å²) < 4.78 is 0. The van der Waals surface area contributed by atoms with Gasteiger partial charge in [-0.1, -0.05) is 18.2 Å². The van der Waals surface area contributed by atoms with E-state index in [1.54, 1.807) is 0 Å². The van der Waals surface area contributed by atoms with Crippen molar-refractivity contribution in [2.24, 2.45) is 0 Å². The van der Waals surface area contributed by atoms with Gasteiger partial charge in [0.2, 0.25) is 5.91 Å². The molecule has 5 heteroatoms. The van der Waals surface area contributed by atoms with Gasteiger partial charge in [0, 0.05) is 43.5 Å². The van der Waals surface area contributed by atoms with E-state index in [1.807, 2.05) is 11.1 Å². The van der Waals surface area contributed by atoms with Gasteiger partial charge in [-0.15, -0.1) is 0 Å². The first-order chi connectivity index (χ1) is 13.8. The third-order valence-corrected chi connectivity index (χ3v) is 6.47. The summed E-state index contributed by atoms with van der Waals surface area (Å²) in [6, 6.07) is 6.68. The summed E-state index contributed by atoms with van der Waals surface area (Å²) in [4.78, 5) is 24.6. The molecule has 1 fully saturated rings. The zero-order valence-corrected chi connectivity index (χ0v) is 16.4. The molecule has 0 unspecified atom stereocenters. The molecular weight excluding hydrogens is 348 g/mol. The predicted molar refractivity (Wildman–Crippen MR) is 108 cm³/mol. The zero-order valence-electron chi connectivity index (χ0n) is 16.4. The van der Waals surface area contributed by atoms with Crippen LogP contribution in [0.15, 0.2) is 24.4 Å². The summed E-state index contributed by atoms with van der Waals surface area (Å²) in [5, 5.41) is 3.36. The lowest BCUT2D eigenvalue weighted by atomic mass is 9.90. The zero-order chi connectivity index (χ0) is 18.9. The molecule has 3 heterocycles. The van der Waals surface area contributed by atoms with Gasteiger partial charge >= 0.3 is 0 Å². The number of nitrogens with zero attached hydrogens (tertiary/aromatic N) is 3. The molecule has 1 aliphatic carbocycles. The smallest absolute Gasteiger partial charge is 0.227 e. The van der Waals surface area contributed by atoms with E-state index in [4.69, 9.17) is 4.98 Å². The molecule has 1 aromatic heterocycles. The summed E-state index contributed by atoms with van der Waals surface area (Å²) in [6.07, 6.45) is 10.3. The maximum Gasteiger partial charge on any atom is 0.227 e. The lowest BCUT2D eigenvalue weighted by molar-refractivity contribution is -0.131. The number of fused-ring (bicyclic) bond motifs is 2. The van der Waals surface area contributed by atoms with E-state index in [2.05, 4.69) is 28.5 Å². The fourth-order valence-corrected chi connectivity index (χ4v) is 4.92. The number of nitrogens with one attached hydrogen (secondary N) is 1. The van der Waals surface area contributed by atoms with Crippen LogP contribution in [0.25, 0.3) is 0 Å². The van der Waals surface area contributed by atoms with Crippen LogP contribution in [0.4, 0.5) is 0 Å². The molecule has 28 heavy (non-hydrogen) atoms. The molecule has 5 nitrogen and oxygen atoms in total. The van der Waals surface area contributed by atoms with Gasteiger partial charge in [0.25, 0.3) is 0 Å². The molecule has 1 N–H and O–H groups in total. The monoisotopic (exact) mass is 376 g/mol. The van der Waals surface area contributed by atoms with Crippen LogP contribution in [0.5, 0.6) is 0 Å². The van der Waals surface area contributed by atoms with Gasteiger partial charge in [0.15, 0.2) is 5.82 Å². The van der Waals surface area contributed by atoms with Crippen molar-refractivity contribution in [1.82, 2.24) is 20.2 Å². The molecule has 0 bridgehead atoms. The molecule has 2 aliphatic heterocycles. The summed E-state index contributed by atoms with van der Waals surface area (Å²) in [6.45, 7) is 2.63. The SMILES string of the molecule is O=C(Cc1ccc2c(c1)CCCC2)N1CCC[C@H]1c1ncc2c(n1)CCNC2. The molecule has 3 aliphatic rings. The van der Waals surface area contributed by atoms with Crippen LogP contribution in [-0.4, -0.2) is 33.9 Å². The molecule has 1 amide bonds. The number of benzene rings is 1. The molecular formula is C23H28N4O. The van der Waals surface area contributed by atoms with E-state index < -0.39 is 0 Å². The normalized spacial score (nSPS) is 21.3. The Morgan fingerprint density at radius 2 is 2.00 bits per heavy atom. The Labute approximate surface area is 166 Å². The third kappa shape index (κ3) is 3.44. The number of aryl methyl sites for hydroxylation is 2. The molecule has 1 atom stereocenters. The van der Waals surface area contributed by atoms with Gasteiger partial charge in [-0.25, -0.2) is 9.97 Å². The highest BCUT2D eigenvalue weighted by Gasteiger charge is 2.32. The second kappa shape index (κ2) is 7.63. The minimum atomic E-state index is 0.0327. The number of hydrogen-bond donors (Lipinski definition) is 1. The Bertz CT molecular complexity index is 894. The summed E-state index contributed by atoms with van der Waals surface area (Å²) in [5.41, 5.74) is 6.41. The van der Waals surface area contributed by atoms with Crippen molar-refractivity contribution < 1.29 is 4.79 Å². The molecule has 5 rings (SSSR count). The first kappa shape index (κ1) is 17.8. The van der Waals surface area contributed by atoms with Gasteiger partial charge < -0.3 is 10.2 Å². The number of carbonyl (C=O) groups excluding carboxylic acids is 1. The number of aromatic nitrogens is 2. The largest absolute Gasteiger partial charge is 0.332 e. The molecule has 1 saturated heterocycles. The van der Waals surface area contributed by atoms with Crippen LogP contribution in [0, 0.1) is 0 Å². The van der Waals surface area contributed by atoms with Crippen LogP contribution in [0.2, 0.25) is 0 Å². The van der Waals surface area contributed by atoms with Crippen molar-refractivity contribution in [3.8, 4) is 0 Å². The third-order valence-electron chi connectivity index (χ3n) is 6.47. The lowest BCUT2D eigenvalue weighted by Crippen LogP contribution is -2.33. The minimum absolute atomic E-state index is 0.0327. The Balaban J connectivity index is 1.33. The number of likely N-dealkylation sites (tertiary alicyclic amines) is 1. The van der Waals surface area contributed by atoms with E-state index in [0.29, 0.717) is 6.42 Å². The fraction of sp³-hybridized carbons (Fsp3) is 0.522. The number of rotatable bonds is 3. The van der Waals surface area contributed by atoms with E-state index in [9.17, 15) is 4.79 Å². The van der Waals surface area contributed by atoms with Crippen molar-refractivity contribution in [2.75, 3.05) is 13.1 Å². The molecule has 0 saturated carbocycles. The van der Waals surface area contributed by atoms with E-state index >= 15 is 0 Å². The van der Waals surface area contributed by atoms with Crippen LogP contribution < -0.4 is 5.32 Å². The molecule has 146 valence electrons. The van der Waals surface area contributed by atoms with Gasteiger partial charge in [0.05, 0.1) is 12.5 Å². The quantitative estimate of drug-likeness (QED) is 0.895. The Hall–Kier alpha value is -2.27. The van der Waals surface area contributed by atoms with Crippen molar-refractivity contribution >= 4 is 5.91 Å². The maximum atomic E-state index is 13.1. The standard InChI is InChI=1S/C23H28N4O/c28-22(13-16-7-8-17-4-1-2-5-18(17)12-16)27-11-3-6-21(27)23-25-15-19-14-24-10-9-20(19)26-23/h7-8,12,15,21,24H,1-6,9-11,13-14H2/t21-/m0/s1. The second-order valence-electron chi connectivity index (χ2n) is 8.36. The van der Waals surface area contributed by atoms with Gasteiger partial charge in [-0.3, -0.25) is 4.79 Å². The van der Waals surface area contributed by atoms with Gasteiger partial charge in [-0.05, 0) is 55.2 Å². The van der Waals surface area contributed by atoms with Gasteiger partial charge in [0.1, 0.15) is 0 Å². The van der Waals surface area contributed by atoms with E-state index in [-0.39, 0.29) is 11.9 Å². The Kier molecular flexibility index (Phi) is 4.85. The first-order valence-electron chi connectivity index (χ1n) is 10.7. The van der Waals surface area contributed by atoms with Crippen molar-refractivity contribution in [1.29, 1.82) is 0 Å². The number of amides is 1. The van der Waals surface area contributed by atoms with E-state index in [0.717, 1.165) is 62.4 Å². The van der Waals surface area contributed by atoms with Gasteiger partial charge in [-0.2, -0.15) is 0 Å². The highest BCUT2D eigenvalue weighted by atomic mass is 16.2. The number of hydrogen-bond acceptors (Lipinski definition) is 4. The first-order valence-corrected chi connectivity index (χ1v) is 10.7. The van der Waals surface area contributed by atoms with Crippen LogP contribution >= 0.6 is 0 Å². The van der Waals surface area contributed by atoms with Crippen LogP contribution in [-0.2, 0) is 37.0 Å². The van der Waals surface area contributed by atoms with Crippen LogP contribution in [0.1, 0.15) is 65.5 Å². The number of carbonyl (C=O) groups is 1. The predicted octanol–water partition coefficient (Wildman–Crippen LogP) is 2.91. The average Bonchev–Trinajstić information content (AvgIpc) is 3.23. The molecule has 2 aromatic rings. The molecule has 1 aromatic carbocycles. The molecule has 0 spiro atoms. The van der Waals surface area contributed by atoms with E-state index in [1.165, 1.54) is 36.0 Å². The summed E-state index contributed by atoms with van der Waals surface area (Å²) in [5.74, 6) is 1.04. The second-order valence-corrected chi connectivity index (χ2v) is 8.36. The summed E-state index contributed by atoms with van der Waals surface area (Å²) in [7, 11) is 0. The lowest BCUT2D eigenvalue weighted by Gasteiger charge is -2.25. The minimum Gasteiger partial charge on any atom is -0.332 e. The van der Waals surface area contributed by atoms with Crippen LogP contribution in [0.3, 0.4) is 0 Å². The highest BCUT2D eigenvalue weighted by molar-refractivity contribution is 5.79. The van der Waals surface area contributed by atoms with Crippen molar-refractivity contribution in [2.45, 2.75) is 64.0 Å².